The maximum Gasteiger partial charge on any atom is 0.277 e. The molecule has 0 saturated heterocycles. The Morgan fingerprint density at radius 1 is 0.960 bits per heavy atom. The van der Waals surface area contributed by atoms with Crippen LogP contribution in [0.2, 0.25) is 5.15 Å². The number of halogens is 3. The minimum absolute atomic E-state index is 0.108. The number of rotatable bonds is 4. The van der Waals surface area contributed by atoms with Gasteiger partial charge < -0.3 is 5.32 Å². The molecule has 126 valence electrons. The van der Waals surface area contributed by atoms with Crippen molar-refractivity contribution in [3.8, 4) is 0 Å². The molecule has 3 aromatic rings. The summed E-state index contributed by atoms with van der Waals surface area (Å²) in [5.74, 6) is -1.91. The fraction of sp³-hybridized carbons (Fsp3) is 0.0588. The zero-order chi connectivity index (χ0) is 17.8. The Kier molecular flexibility index (Phi) is 4.95. The van der Waals surface area contributed by atoms with Gasteiger partial charge in [-0.1, -0.05) is 23.7 Å². The second-order valence-electron chi connectivity index (χ2n) is 5.16. The number of carbonyl (C=O) groups excluding carboxylic acids is 1. The van der Waals surface area contributed by atoms with Crippen LogP contribution in [0.3, 0.4) is 0 Å². The summed E-state index contributed by atoms with van der Waals surface area (Å²) < 4.78 is 26.1. The van der Waals surface area contributed by atoms with Crippen molar-refractivity contribution in [3.05, 3.63) is 82.5 Å². The van der Waals surface area contributed by atoms with E-state index in [-0.39, 0.29) is 10.8 Å². The van der Waals surface area contributed by atoms with Crippen molar-refractivity contribution >= 4 is 23.3 Å². The number of pyridine rings is 1. The number of hydrogen-bond acceptors (Lipinski definition) is 4. The molecule has 0 saturated carbocycles. The summed E-state index contributed by atoms with van der Waals surface area (Å²) in [6.45, 7) is 0. The van der Waals surface area contributed by atoms with E-state index in [9.17, 15) is 13.6 Å². The Labute approximate surface area is 146 Å². The summed E-state index contributed by atoms with van der Waals surface area (Å²) in [4.78, 5) is 23.8. The predicted molar refractivity (Wildman–Crippen MR) is 88.4 cm³/mol. The number of aromatic nitrogens is 3. The maximum atomic E-state index is 13.2. The second-order valence-corrected chi connectivity index (χ2v) is 5.54. The standard InChI is InChI=1S/C17H11ClF2N4O/c18-15-9-21-14(8-22-15)17(25)24-16-4-2-11(7-23-16)5-10-1-3-12(19)13(20)6-10/h1-4,6-9H,5H2,(H,23,24,25). The predicted octanol–water partition coefficient (Wildman–Crippen LogP) is 3.65. The number of anilines is 1. The van der Waals surface area contributed by atoms with E-state index in [1.165, 1.54) is 18.5 Å². The van der Waals surface area contributed by atoms with E-state index < -0.39 is 17.5 Å². The highest BCUT2D eigenvalue weighted by atomic mass is 35.5. The Hall–Kier alpha value is -2.93. The fourth-order valence-electron chi connectivity index (χ4n) is 2.10. The van der Waals surface area contributed by atoms with Crippen molar-refractivity contribution in [2.75, 3.05) is 5.32 Å². The van der Waals surface area contributed by atoms with E-state index in [1.54, 1.807) is 18.3 Å². The van der Waals surface area contributed by atoms with Crippen molar-refractivity contribution in [2.45, 2.75) is 6.42 Å². The lowest BCUT2D eigenvalue weighted by molar-refractivity contribution is 0.102. The van der Waals surface area contributed by atoms with Crippen LogP contribution in [0.15, 0.2) is 48.9 Å². The van der Waals surface area contributed by atoms with Crippen molar-refractivity contribution in [1.82, 2.24) is 15.0 Å². The molecule has 0 radical (unpaired) electrons. The molecule has 25 heavy (non-hydrogen) atoms. The molecule has 0 aliphatic rings. The first kappa shape index (κ1) is 16.9. The van der Waals surface area contributed by atoms with Crippen LogP contribution in [0.5, 0.6) is 0 Å². The molecule has 0 aliphatic heterocycles. The molecule has 8 heteroatoms. The molecule has 2 aromatic heterocycles. The van der Waals surface area contributed by atoms with Crippen LogP contribution in [-0.2, 0) is 6.42 Å². The molecule has 0 unspecified atom stereocenters. The van der Waals surface area contributed by atoms with Crippen LogP contribution in [0.25, 0.3) is 0 Å². The number of benzene rings is 1. The number of carbonyl (C=O) groups is 1. The summed E-state index contributed by atoms with van der Waals surface area (Å²) in [5, 5.41) is 2.77. The third-order valence-electron chi connectivity index (χ3n) is 3.31. The van der Waals surface area contributed by atoms with Gasteiger partial charge in [0.1, 0.15) is 16.7 Å². The SMILES string of the molecule is O=C(Nc1ccc(Cc2ccc(F)c(F)c2)cn1)c1cnc(Cl)cn1. The lowest BCUT2D eigenvalue weighted by Gasteiger charge is -2.06. The van der Waals surface area contributed by atoms with Crippen molar-refractivity contribution in [3.63, 3.8) is 0 Å². The van der Waals surface area contributed by atoms with E-state index in [4.69, 9.17) is 11.6 Å². The summed E-state index contributed by atoms with van der Waals surface area (Å²) in [5.41, 5.74) is 1.52. The van der Waals surface area contributed by atoms with E-state index in [1.807, 2.05) is 0 Å². The summed E-state index contributed by atoms with van der Waals surface area (Å²) in [6, 6.07) is 7.07. The first-order chi connectivity index (χ1) is 12.0. The molecular formula is C17H11ClF2N4O. The van der Waals surface area contributed by atoms with Crippen LogP contribution >= 0.6 is 11.6 Å². The largest absolute Gasteiger partial charge is 0.305 e. The Bertz CT molecular complexity index is 902. The Balaban J connectivity index is 1.66. The van der Waals surface area contributed by atoms with Crippen molar-refractivity contribution in [2.24, 2.45) is 0 Å². The topological polar surface area (TPSA) is 67.8 Å². The molecule has 0 fully saturated rings. The highest BCUT2D eigenvalue weighted by Gasteiger charge is 2.09. The van der Waals surface area contributed by atoms with E-state index in [0.29, 0.717) is 17.8 Å². The van der Waals surface area contributed by atoms with Gasteiger partial charge in [-0.2, -0.15) is 0 Å². The Morgan fingerprint density at radius 2 is 1.76 bits per heavy atom. The lowest BCUT2D eigenvalue weighted by Crippen LogP contribution is -2.14. The maximum absolute atomic E-state index is 13.2. The minimum Gasteiger partial charge on any atom is -0.305 e. The van der Waals surface area contributed by atoms with Crippen LogP contribution < -0.4 is 5.32 Å². The molecule has 3 rings (SSSR count). The quantitative estimate of drug-likeness (QED) is 0.771. The van der Waals surface area contributed by atoms with E-state index in [2.05, 4.69) is 20.3 Å². The zero-order valence-corrected chi connectivity index (χ0v) is 13.5. The van der Waals surface area contributed by atoms with Crippen LogP contribution in [-0.4, -0.2) is 20.9 Å². The number of amides is 1. The van der Waals surface area contributed by atoms with Crippen LogP contribution in [0.4, 0.5) is 14.6 Å². The molecule has 0 atom stereocenters. The summed E-state index contributed by atoms with van der Waals surface area (Å²) >= 11 is 5.62. The average molecular weight is 361 g/mol. The minimum atomic E-state index is -0.890. The highest BCUT2D eigenvalue weighted by molar-refractivity contribution is 6.29. The molecule has 1 N–H and O–H groups in total. The van der Waals surface area contributed by atoms with E-state index >= 15 is 0 Å². The smallest absolute Gasteiger partial charge is 0.277 e. The third-order valence-corrected chi connectivity index (χ3v) is 3.51. The van der Waals surface area contributed by atoms with Gasteiger partial charge in [0.2, 0.25) is 0 Å². The van der Waals surface area contributed by atoms with E-state index in [0.717, 1.165) is 17.7 Å². The first-order valence-corrected chi connectivity index (χ1v) is 7.57. The van der Waals surface area contributed by atoms with Crippen LogP contribution in [0.1, 0.15) is 21.6 Å². The monoisotopic (exact) mass is 360 g/mol. The summed E-state index contributed by atoms with van der Waals surface area (Å²) in [7, 11) is 0. The van der Waals surface area contributed by atoms with Crippen molar-refractivity contribution < 1.29 is 13.6 Å². The van der Waals surface area contributed by atoms with Crippen molar-refractivity contribution in [1.29, 1.82) is 0 Å². The van der Waals surface area contributed by atoms with Crippen LogP contribution in [0, 0.1) is 11.6 Å². The highest BCUT2D eigenvalue weighted by Crippen LogP contribution is 2.14. The third kappa shape index (κ3) is 4.33. The molecular weight excluding hydrogens is 350 g/mol. The van der Waals surface area contributed by atoms with Gasteiger partial charge in [-0.25, -0.2) is 23.7 Å². The molecule has 2 heterocycles. The summed E-state index contributed by atoms with van der Waals surface area (Å²) in [6.07, 6.45) is 4.47. The van der Waals surface area contributed by atoms with Gasteiger partial charge in [-0.15, -0.1) is 0 Å². The molecule has 1 amide bonds. The molecule has 0 bridgehead atoms. The molecule has 0 spiro atoms. The van der Waals surface area contributed by atoms with Gasteiger partial charge in [0, 0.05) is 6.20 Å². The lowest BCUT2D eigenvalue weighted by atomic mass is 10.1. The van der Waals surface area contributed by atoms with Gasteiger partial charge >= 0.3 is 0 Å². The average Bonchev–Trinajstić information content (AvgIpc) is 2.60. The van der Waals surface area contributed by atoms with Gasteiger partial charge in [-0.3, -0.25) is 4.79 Å². The number of hydrogen-bond donors (Lipinski definition) is 1. The van der Waals surface area contributed by atoms with Gasteiger partial charge in [0.05, 0.1) is 12.4 Å². The van der Waals surface area contributed by atoms with Gasteiger partial charge in [0.15, 0.2) is 11.6 Å². The second kappa shape index (κ2) is 7.31. The fourth-order valence-corrected chi connectivity index (χ4v) is 2.20. The molecule has 1 aromatic carbocycles. The van der Waals surface area contributed by atoms with Gasteiger partial charge in [-0.05, 0) is 35.7 Å². The number of nitrogens with one attached hydrogen (secondary N) is 1. The molecule has 5 nitrogen and oxygen atoms in total. The number of nitrogens with zero attached hydrogens (tertiary/aromatic N) is 3. The normalized spacial score (nSPS) is 10.5. The molecule has 0 aliphatic carbocycles. The Morgan fingerprint density at radius 3 is 2.40 bits per heavy atom. The first-order valence-electron chi connectivity index (χ1n) is 7.19. The van der Waals surface area contributed by atoms with Gasteiger partial charge in [0.25, 0.3) is 5.91 Å². The zero-order valence-electron chi connectivity index (χ0n) is 12.7.